The van der Waals surface area contributed by atoms with Crippen LogP contribution >= 0.6 is 0 Å². The zero-order valence-electron chi connectivity index (χ0n) is 14.5. The third-order valence-corrected chi connectivity index (χ3v) is 5.70. The van der Waals surface area contributed by atoms with E-state index in [4.69, 9.17) is 0 Å². The van der Waals surface area contributed by atoms with Crippen molar-refractivity contribution in [2.45, 2.75) is 37.6 Å². The molecule has 6 heteroatoms. The second-order valence-corrected chi connectivity index (χ2v) is 7.12. The number of likely N-dealkylation sites (tertiary alicyclic amines) is 1. The van der Waals surface area contributed by atoms with E-state index in [0.717, 1.165) is 38.0 Å². The van der Waals surface area contributed by atoms with Crippen LogP contribution in [0, 0.1) is 0 Å². The van der Waals surface area contributed by atoms with E-state index in [1.807, 2.05) is 41.2 Å². The minimum Gasteiger partial charge on any atom is -0.348 e. The van der Waals surface area contributed by atoms with Gasteiger partial charge in [-0.05, 0) is 49.9 Å². The highest BCUT2D eigenvalue weighted by Crippen LogP contribution is 2.39. The fraction of sp³-hybridized carbons (Fsp3) is 0.350. The Hall–Kier alpha value is -2.89. The molecule has 3 aromatic rings. The van der Waals surface area contributed by atoms with Gasteiger partial charge in [-0.25, -0.2) is 9.97 Å². The number of nitrogens with zero attached hydrogens (tertiary/aromatic N) is 4. The Morgan fingerprint density at radius 3 is 2.85 bits per heavy atom. The van der Waals surface area contributed by atoms with Gasteiger partial charge in [-0.2, -0.15) is 0 Å². The van der Waals surface area contributed by atoms with Crippen LogP contribution in [0.2, 0.25) is 0 Å². The first kappa shape index (κ1) is 15.4. The zero-order valence-corrected chi connectivity index (χ0v) is 14.5. The second kappa shape index (κ2) is 6.12. The van der Waals surface area contributed by atoms with Crippen LogP contribution in [0.15, 0.2) is 49.2 Å². The zero-order chi connectivity index (χ0) is 17.5. The molecule has 1 aliphatic carbocycles. The van der Waals surface area contributed by atoms with Crippen molar-refractivity contribution >= 4 is 5.91 Å². The molecule has 26 heavy (non-hydrogen) atoms. The lowest BCUT2D eigenvalue weighted by atomic mass is 9.78. The van der Waals surface area contributed by atoms with Crippen molar-refractivity contribution in [3.05, 3.63) is 66.1 Å². The van der Waals surface area contributed by atoms with E-state index in [1.54, 1.807) is 12.5 Å². The summed E-state index contributed by atoms with van der Waals surface area (Å²) in [7, 11) is 0. The van der Waals surface area contributed by atoms with Gasteiger partial charge in [0, 0.05) is 42.8 Å². The Kier molecular flexibility index (Phi) is 3.62. The van der Waals surface area contributed by atoms with Crippen LogP contribution in [0.1, 0.15) is 46.9 Å². The molecule has 5 rings (SSSR count). The summed E-state index contributed by atoms with van der Waals surface area (Å²) in [6, 6.07) is 7.96. The number of nitrogens with one attached hydrogen (secondary N) is 1. The highest BCUT2D eigenvalue weighted by atomic mass is 16.2. The van der Waals surface area contributed by atoms with Crippen molar-refractivity contribution in [2.24, 2.45) is 0 Å². The minimum atomic E-state index is 0.0882. The van der Waals surface area contributed by atoms with Gasteiger partial charge in [-0.1, -0.05) is 0 Å². The molecule has 0 bridgehead atoms. The predicted molar refractivity (Wildman–Crippen MR) is 97.3 cm³/mol. The minimum absolute atomic E-state index is 0.0882. The number of piperidine rings is 1. The number of amides is 1. The number of hydrogen-bond acceptors (Lipinski definition) is 3. The number of H-pyrrole nitrogens is 1. The maximum absolute atomic E-state index is 13.2. The van der Waals surface area contributed by atoms with Crippen LogP contribution in [0.25, 0.3) is 5.82 Å². The van der Waals surface area contributed by atoms with Gasteiger partial charge in [-0.15, -0.1) is 0 Å². The number of rotatable bonds is 2. The normalized spacial score (nSPS) is 21.9. The smallest absolute Gasteiger partial charge is 0.255 e. The molecule has 1 fully saturated rings. The van der Waals surface area contributed by atoms with Crippen molar-refractivity contribution in [3.63, 3.8) is 0 Å². The molecule has 0 radical (unpaired) electrons. The van der Waals surface area contributed by atoms with Crippen LogP contribution in [0.5, 0.6) is 0 Å². The highest BCUT2D eigenvalue weighted by molar-refractivity contribution is 5.94. The molecule has 0 spiro atoms. The molecule has 2 aliphatic rings. The summed E-state index contributed by atoms with van der Waals surface area (Å²) in [5.74, 6) is 1.27. The van der Waals surface area contributed by atoms with Gasteiger partial charge in [0.2, 0.25) is 0 Å². The molecule has 1 aliphatic heterocycles. The van der Waals surface area contributed by atoms with Gasteiger partial charge in [0.05, 0.1) is 17.6 Å². The molecule has 0 saturated carbocycles. The van der Waals surface area contributed by atoms with Crippen molar-refractivity contribution in [2.75, 3.05) is 6.54 Å². The van der Waals surface area contributed by atoms with Crippen LogP contribution < -0.4 is 0 Å². The average molecular weight is 347 g/mol. The summed E-state index contributed by atoms with van der Waals surface area (Å²) in [6.07, 6.45) is 11.5. The Morgan fingerprint density at radius 1 is 1.15 bits per heavy atom. The van der Waals surface area contributed by atoms with E-state index >= 15 is 0 Å². The number of pyridine rings is 1. The van der Waals surface area contributed by atoms with Crippen molar-refractivity contribution < 1.29 is 4.79 Å². The van der Waals surface area contributed by atoms with E-state index in [0.29, 0.717) is 11.5 Å². The molecular formula is C20H21N5O. The van der Waals surface area contributed by atoms with E-state index < -0.39 is 0 Å². The maximum atomic E-state index is 13.2. The van der Waals surface area contributed by atoms with Crippen molar-refractivity contribution in [1.29, 1.82) is 0 Å². The largest absolute Gasteiger partial charge is 0.348 e. The third kappa shape index (κ3) is 2.44. The highest BCUT2D eigenvalue weighted by Gasteiger charge is 2.40. The summed E-state index contributed by atoms with van der Waals surface area (Å²) in [5, 5.41) is 0. The second-order valence-electron chi connectivity index (χ2n) is 7.12. The van der Waals surface area contributed by atoms with Gasteiger partial charge in [0.25, 0.3) is 5.91 Å². The number of aromatic amines is 1. The summed E-state index contributed by atoms with van der Waals surface area (Å²) in [6.45, 7) is 0.819. The van der Waals surface area contributed by atoms with Crippen LogP contribution in [0.3, 0.4) is 0 Å². The van der Waals surface area contributed by atoms with Crippen LogP contribution in [-0.4, -0.2) is 42.9 Å². The van der Waals surface area contributed by atoms with Gasteiger partial charge in [0.1, 0.15) is 5.82 Å². The molecule has 2 atom stereocenters. The van der Waals surface area contributed by atoms with Gasteiger partial charge < -0.3 is 14.5 Å². The molecule has 6 nitrogen and oxygen atoms in total. The number of aryl methyl sites for hydroxylation is 1. The monoisotopic (exact) mass is 347 g/mol. The molecule has 4 heterocycles. The van der Waals surface area contributed by atoms with E-state index in [9.17, 15) is 4.79 Å². The van der Waals surface area contributed by atoms with Gasteiger partial charge in [0.15, 0.2) is 0 Å². The van der Waals surface area contributed by atoms with Crippen LogP contribution in [0.4, 0.5) is 0 Å². The lowest BCUT2D eigenvalue weighted by molar-refractivity contribution is 0.0542. The molecule has 1 amide bonds. The maximum Gasteiger partial charge on any atom is 0.255 e. The Bertz CT molecular complexity index is 912. The summed E-state index contributed by atoms with van der Waals surface area (Å²) in [4.78, 5) is 27.5. The summed E-state index contributed by atoms with van der Waals surface area (Å²) >= 11 is 0. The Balaban J connectivity index is 1.40. The molecule has 0 aromatic carbocycles. The standard InChI is InChI=1S/C20H21N5O/c26-20(14-5-8-18(21-12-14)24-9-1-2-10-24)25-11-3-4-15-17(25)7-6-16-19(15)23-13-22-16/h1-2,5,8-10,12-13,15,17H,3-4,6-7,11H2,(H,22,23). The number of imidazole rings is 1. The Labute approximate surface area is 151 Å². The van der Waals surface area contributed by atoms with E-state index in [1.165, 1.54) is 11.4 Å². The van der Waals surface area contributed by atoms with Crippen LogP contribution in [-0.2, 0) is 6.42 Å². The lowest BCUT2D eigenvalue weighted by Crippen LogP contribution is -2.49. The molecule has 132 valence electrons. The molecular weight excluding hydrogens is 326 g/mol. The number of fused-ring (bicyclic) bond motifs is 3. The number of carbonyl (C=O) groups is 1. The number of carbonyl (C=O) groups excluding carboxylic acids is 1. The summed E-state index contributed by atoms with van der Waals surface area (Å²) < 4.78 is 1.94. The number of aromatic nitrogens is 4. The van der Waals surface area contributed by atoms with E-state index in [2.05, 4.69) is 19.9 Å². The SMILES string of the molecule is O=C(c1ccc(-n2cccc2)nc1)N1CCCC2c3nc[nH]c3CCC21. The van der Waals surface area contributed by atoms with Gasteiger partial charge in [-0.3, -0.25) is 4.79 Å². The lowest BCUT2D eigenvalue weighted by Gasteiger charge is -2.43. The molecule has 3 aromatic heterocycles. The molecule has 2 unspecified atom stereocenters. The topological polar surface area (TPSA) is 66.8 Å². The predicted octanol–water partition coefficient (Wildman–Crippen LogP) is 2.93. The summed E-state index contributed by atoms with van der Waals surface area (Å²) in [5.41, 5.74) is 3.08. The number of hydrogen-bond donors (Lipinski definition) is 1. The fourth-order valence-electron chi connectivity index (χ4n) is 4.45. The van der Waals surface area contributed by atoms with Gasteiger partial charge >= 0.3 is 0 Å². The first-order valence-electron chi connectivity index (χ1n) is 9.24. The quantitative estimate of drug-likeness (QED) is 0.775. The van der Waals surface area contributed by atoms with E-state index in [-0.39, 0.29) is 11.9 Å². The van der Waals surface area contributed by atoms with Crippen molar-refractivity contribution in [1.82, 2.24) is 24.4 Å². The molecule has 1 saturated heterocycles. The first-order chi connectivity index (χ1) is 12.8. The van der Waals surface area contributed by atoms with Crippen molar-refractivity contribution in [3.8, 4) is 5.82 Å². The third-order valence-electron chi connectivity index (χ3n) is 5.70. The molecule has 1 N–H and O–H groups in total. The average Bonchev–Trinajstić information content (AvgIpc) is 3.39. The first-order valence-corrected chi connectivity index (χ1v) is 9.24. The fourth-order valence-corrected chi connectivity index (χ4v) is 4.45. The Morgan fingerprint density at radius 2 is 2.04 bits per heavy atom.